The first-order valence-corrected chi connectivity index (χ1v) is 7.58. The normalized spacial score (nSPS) is 17.1. The van der Waals surface area contributed by atoms with Crippen molar-refractivity contribution in [1.82, 2.24) is 0 Å². The average molecular weight is 264 g/mol. The standard InChI is InChI=1S/C18H32O/c1-7-9-10-13-18(6,15-19)17(5,8-2)14-11-12-16(3)4/h8,12,15H,2,7,9-11,13-14H2,1,3-6H3/t17-,18-/m0/s1. The first-order valence-electron chi connectivity index (χ1n) is 7.58. The number of hydrogen-bond donors (Lipinski definition) is 0. The highest BCUT2D eigenvalue weighted by atomic mass is 16.1. The molecule has 0 bridgehead atoms. The Hall–Kier alpha value is -0.850. The molecule has 2 atom stereocenters. The summed E-state index contributed by atoms with van der Waals surface area (Å²) in [4.78, 5) is 11.7. The molecule has 0 aliphatic carbocycles. The van der Waals surface area contributed by atoms with Crippen LogP contribution >= 0.6 is 0 Å². The van der Waals surface area contributed by atoms with Gasteiger partial charge in [0.05, 0.1) is 0 Å². The summed E-state index contributed by atoms with van der Waals surface area (Å²) in [6.07, 6.45) is 11.9. The van der Waals surface area contributed by atoms with Crippen LogP contribution in [0.2, 0.25) is 0 Å². The molecule has 19 heavy (non-hydrogen) atoms. The number of carbonyl (C=O) groups excluding carboxylic acids is 1. The van der Waals surface area contributed by atoms with E-state index in [1.165, 1.54) is 18.4 Å². The largest absolute Gasteiger partial charge is 0.303 e. The third-order valence-corrected chi connectivity index (χ3v) is 4.53. The predicted molar refractivity (Wildman–Crippen MR) is 85.3 cm³/mol. The molecule has 0 radical (unpaired) electrons. The number of carbonyl (C=O) groups is 1. The maximum absolute atomic E-state index is 11.7. The molecule has 0 saturated carbocycles. The summed E-state index contributed by atoms with van der Waals surface area (Å²) in [5.74, 6) is 0. The molecule has 0 aromatic rings. The topological polar surface area (TPSA) is 17.1 Å². The van der Waals surface area contributed by atoms with Crippen LogP contribution in [0.1, 0.15) is 73.1 Å². The van der Waals surface area contributed by atoms with Gasteiger partial charge in [0.1, 0.15) is 6.29 Å². The highest BCUT2D eigenvalue weighted by molar-refractivity contribution is 5.61. The van der Waals surface area contributed by atoms with Crippen molar-refractivity contribution >= 4 is 6.29 Å². The Kier molecular flexibility index (Phi) is 7.97. The lowest BCUT2D eigenvalue weighted by molar-refractivity contribution is -0.121. The fraction of sp³-hybridized carbons (Fsp3) is 0.722. The molecule has 110 valence electrons. The zero-order chi connectivity index (χ0) is 14.9. The Labute approximate surface area is 120 Å². The second kappa shape index (κ2) is 8.35. The lowest BCUT2D eigenvalue weighted by Crippen LogP contribution is -2.37. The van der Waals surface area contributed by atoms with Crippen molar-refractivity contribution in [3.05, 3.63) is 24.3 Å². The van der Waals surface area contributed by atoms with E-state index in [0.29, 0.717) is 0 Å². The number of unbranched alkanes of at least 4 members (excludes halogenated alkanes) is 2. The molecule has 1 nitrogen and oxygen atoms in total. The van der Waals surface area contributed by atoms with Crippen LogP contribution in [-0.4, -0.2) is 6.29 Å². The van der Waals surface area contributed by atoms with Gasteiger partial charge in [0.25, 0.3) is 0 Å². The van der Waals surface area contributed by atoms with Crippen LogP contribution in [-0.2, 0) is 4.79 Å². The van der Waals surface area contributed by atoms with Gasteiger partial charge in [-0.1, -0.05) is 57.8 Å². The molecule has 0 aromatic heterocycles. The SMILES string of the molecule is C=C[C@@](C)(CCC=C(C)C)[C@](C)(C=O)CCCCC. The summed E-state index contributed by atoms with van der Waals surface area (Å²) >= 11 is 0. The molecule has 0 unspecified atom stereocenters. The first-order chi connectivity index (χ1) is 8.85. The second-order valence-electron chi connectivity index (χ2n) is 6.43. The van der Waals surface area contributed by atoms with E-state index in [9.17, 15) is 4.79 Å². The molecule has 0 saturated heterocycles. The summed E-state index contributed by atoms with van der Waals surface area (Å²) in [5.41, 5.74) is 0.929. The molecule has 0 fully saturated rings. The molecule has 0 N–H and O–H groups in total. The van der Waals surface area contributed by atoms with Crippen molar-refractivity contribution in [2.24, 2.45) is 10.8 Å². The Morgan fingerprint density at radius 2 is 1.74 bits per heavy atom. The van der Waals surface area contributed by atoms with E-state index < -0.39 is 0 Å². The number of allylic oxidation sites excluding steroid dienone is 3. The maximum Gasteiger partial charge on any atom is 0.126 e. The highest BCUT2D eigenvalue weighted by Gasteiger charge is 2.41. The summed E-state index contributed by atoms with van der Waals surface area (Å²) < 4.78 is 0. The van der Waals surface area contributed by atoms with Gasteiger partial charge in [0, 0.05) is 5.41 Å². The van der Waals surface area contributed by atoms with Crippen molar-refractivity contribution in [3.8, 4) is 0 Å². The summed E-state index contributed by atoms with van der Waals surface area (Å²) in [5, 5.41) is 0. The first kappa shape index (κ1) is 18.1. The number of rotatable bonds is 10. The third kappa shape index (κ3) is 5.34. The van der Waals surface area contributed by atoms with Crippen LogP contribution in [0.3, 0.4) is 0 Å². The van der Waals surface area contributed by atoms with Gasteiger partial charge in [-0.05, 0) is 38.5 Å². The lowest BCUT2D eigenvalue weighted by atomic mass is 9.62. The minimum absolute atomic E-state index is 0.117. The zero-order valence-electron chi connectivity index (χ0n) is 13.6. The number of hydrogen-bond acceptors (Lipinski definition) is 1. The Balaban J connectivity index is 4.85. The van der Waals surface area contributed by atoms with E-state index in [1.54, 1.807) is 0 Å². The van der Waals surface area contributed by atoms with Gasteiger partial charge in [-0.3, -0.25) is 0 Å². The van der Waals surface area contributed by atoms with E-state index in [2.05, 4.69) is 47.3 Å². The maximum atomic E-state index is 11.7. The van der Waals surface area contributed by atoms with Gasteiger partial charge in [0.15, 0.2) is 0 Å². The molecule has 0 amide bonds. The van der Waals surface area contributed by atoms with Gasteiger partial charge in [-0.2, -0.15) is 0 Å². The summed E-state index contributed by atoms with van der Waals surface area (Å²) in [7, 11) is 0. The zero-order valence-corrected chi connectivity index (χ0v) is 13.6. The molecule has 0 rings (SSSR count). The van der Waals surface area contributed by atoms with Gasteiger partial charge >= 0.3 is 0 Å². The highest BCUT2D eigenvalue weighted by Crippen LogP contribution is 2.46. The fourth-order valence-corrected chi connectivity index (χ4v) is 2.50. The van der Waals surface area contributed by atoms with Crippen LogP contribution in [0.4, 0.5) is 0 Å². The molecular weight excluding hydrogens is 232 g/mol. The van der Waals surface area contributed by atoms with Crippen LogP contribution in [0, 0.1) is 10.8 Å². The van der Waals surface area contributed by atoms with Crippen molar-refractivity contribution < 1.29 is 4.79 Å². The van der Waals surface area contributed by atoms with Gasteiger partial charge in [0.2, 0.25) is 0 Å². The van der Waals surface area contributed by atoms with Crippen molar-refractivity contribution in [3.63, 3.8) is 0 Å². The van der Waals surface area contributed by atoms with E-state index in [4.69, 9.17) is 0 Å². The van der Waals surface area contributed by atoms with Crippen molar-refractivity contribution in [2.45, 2.75) is 73.1 Å². The smallest absolute Gasteiger partial charge is 0.126 e. The van der Waals surface area contributed by atoms with E-state index in [0.717, 1.165) is 32.0 Å². The molecule has 1 heteroatoms. The Bertz CT molecular complexity index is 312. The molecule has 0 heterocycles. The quantitative estimate of drug-likeness (QED) is 0.280. The van der Waals surface area contributed by atoms with Crippen LogP contribution < -0.4 is 0 Å². The van der Waals surface area contributed by atoms with Crippen molar-refractivity contribution in [1.29, 1.82) is 0 Å². The minimum Gasteiger partial charge on any atom is -0.303 e. The lowest BCUT2D eigenvalue weighted by Gasteiger charge is -2.41. The van der Waals surface area contributed by atoms with Crippen LogP contribution in [0.5, 0.6) is 0 Å². The van der Waals surface area contributed by atoms with E-state index in [1.807, 2.05) is 6.08 Å². The van der Waals surface area contributed by atoms with Crippen LogP contribution in [0.25, 0.3) is 0 Å². The second-order valence-corrected chi connectivity index (χ2v) is 6.43. The van der Waals surface area contributed by atoms with Gasteiger partial charge in [-0.25, -0.2) is 0 Å². The van der Waals surface area contributed by atoms with E-state index in [-0.39, 0.29) is 10.8 Å². The fourth-order valence-electron chi connectivity index (χ4n) is 2.50. The Morgan fingerprint density at radius 3 is 2.16 bits per heavy atom. The molecule has 0 aromatic carbocycles. The predicted octanol–water partition coefficient (Wildman–Crippen LogP) is 5.71. The van der Waals surface area contributed by atoms with Crippen molar-refractivity contribution in [2.75, 3.05) is 0 Å². The molecule has 0 aliphatic rings. The number of aldehydes is 1. The summed E-state index contributed by atoms with van der Waals surface area (Å²) in [6, 6.07) is 0. The minimum atomic E-state index is -0.292. The van der Waals surface area contributed by atoms with E-state index >= 15 is 0 Å². The molecular formula is C18H32O. The average Bonchev–Trinajstić information content (AvgIpc) is 2.37. The Morgan fingerprint density at radius 1 is 1.11 bits per heavy atom. The van der Waals surface area contributed by atoms with Crippen LogP contribution in [0.15, 0.2) is 24.3 Å². The summed E-state index contributed by atoms with van der Waals surface area (Å²) in [6.45, 7) is 14.7. The molecule has 0 aliphatic heterocycles. The third-order valence-electron chi connectivity index (χ3n) is 4.53. The monoisotopic (exact) mass is 264 g/mol. The van der Waals surface area contributed by atoms with Gasteiger partial charge in [-0.15, -0.1) is 6.58 Å². The van der Waals surface area contributed by atoms with Gasteiger partial charge < -0.3 is 4.79 Å². The molecule has 0 spiro atoms.